The largest absolute Gasteiger partial charge is 0.422 e. The van der Waals surface area contributed by atoms with Gasteiger partial charge in [-0.05, 0) is 24.3 Å². The van der Waals surface area contributed by atoms with Gasteiger partial charge in [-0.3, -0.25) is 0 Å². The second-order valence-corrected chi connectivity index (χ2v) is 3.50. The van der Waals surface area contributed by atoms with E-state index in [2.05, 4.69) is 4.98 Å². The molecule has 1 heterocycles. The maximum absolute atomic E-state index is 11.6. The van der Waals surface area contributed by atoms with Crippen molar-refractivity contribution in [3.63, 3.8) is 0 Å². The summed E-state index contributed by atoms with van der Waals surface area (Å²) in [6.07, 6.45) is 1.41. The van der Waals surface area contributed by atoms with Gasteiger partial charge in [-0.1, -0.05) is 29.8 Å². The van der Waals surface area contributed by atoms with Crippen LogP contribution >= 0.6 is 11.6 Å². The van der Waals surface area contributed by atoms with Crippen molar-refractivity contribution >= 4 is 17.6 Å². The Kier molecular flexibility index (Phi) is 3.17. The molecule has 0 N–H and O–H groups in total. The summed E-state index contributed by atoms with van der Waals surface area (Å²) in [5.41, 5.74) is 0.230. The van der Waals surface area contributed by atoms with Gasteiger partial charge in [0.05, 0.1) is 5.02 Å². The minimum atomic E-state index is -0.497. The van der Waals surface area contributed by atoms with Crippen molar-refractivity contribution in [2.75, 3.05) is 0 Å². The van der Waals surface area contributed by atoms with Gasteiger partial charge in [0, 0.05) is 6.20 Å². The smallest absolute Gasteiger partial charge is 0.362 e. The number of ether oxygens (including phenoxy) is 1. The van der Waals surface area contributed by atoms with E-state index in [0.717, 1.165) is 0 Å². The summed E-state index contributed by atoms with van der Waals surface area (Å²) in [6, 6.07) is 11.9. The molecular formula is C12H8ClNO2. The van der Waals surface area contributed by atoms with Crippen molar-refractivity contribution in [1.29, 1.82) is 0 Å². The van der Waals surface area contributed by atoms with E-state index in [9.17, 15) is 4.79 Å². The molecule has 0 unspecified atom stereocenters. The van der Waals surface area contributed by atoms with E-state index >= 15 is 0 Å². The fourth-order valence-electron chi connectivity index (χ4n) is 1.14. The van der Waals surface area contributed by atoms with Gasteiger partial charge in [0.15, 0.2) is 0 Å². The van der Waals surface area contributed by atoms with Crippen molar-refractivity contribution < 1.29 is 9.53 Å². The fourth-order valence-corrected chi connectivity index (χ4v) is 1.26. The van der Waals surface area contributed by atoms with E-state index in [1.54, 1.807) is 30.3 Å². The molecule has 0 radical (unpaired) electrons. The highest BCUT2D eigenvalue weighted by Gasteiger charge is 2.09. The lowest BCUT2D eigenvalue weighted by Gasteiger charge is -2.02. The molecule has 80 valence electrons. The molecule has 0 saturated heterocycles. The first-order valence-electron chi connectivity index (χ1n) is 4.64. The lowest BCUT2D eigenvalue weighted by molar-refractivity contribution is 0.0728. The van der Waals surface area contributed by atoms with Crippen molar-refractivity contribution in [2.45, 2.75) is 0 Å². The summed E-state index contributed by atoms with van der Waals surface area (Å²) in [6.45, 7) is 0. The first kappa shape index (κ1) is 10.6. The minimum absolute atomic E-state index is 0.230. The topological polar surface area (TPSA) is 39.2 Å². The van der Waals surface area contributed by atoms with Gasteiger partial charge in [-0.25, -0.2) is 9.78 Å². The van der Waals surface area contributed by atoms with Gasteiger partial charge in [-0.15, -0.1) is 0 Å². The van der Waals surface area contributed by atoms with E-state index in [1.165, 1.54) is 12.3 Å². The van der Waals surface area contributed by atoms with Crippen LogP contribution in [0.3, 0.4) is 0 Å². The minimum Gasteiger partial charge on any atom is -0.422 e. The number of para-hydroxylation sites is 1. The molecule has 3 nitrogen and oxygen atoms in total. The highest BCUT2D eigenvalue weighted by molar-refractivity contribution is 6.30. The highest BCUT2D eigenvalue weighted by Crippen LogP contribution is 2.12. The number of carbonyl (C=O) groups is 1. The van der Waals surface area contributed by atoms with Crippen LogP contribution in [-0.2, 0) is 0 Å². The molecule has 0 aliphatic carbocycles. The Morgan fingerprint density at radius 3 is 2.50 bits per heavy atom. The van der Waals surface area contributed by atoms with Crippen molar-refractivity contribution in [3.8, 4) is 5.75 Å². The Balaban J connectivity index is 2.12. The lowest BCUT2D eigenvalue weighted by atomic mass is 10.3. The normalized spacial score (nSPS) is 9.81. The number of benzene rings is 1. The number of hydrogen-bond acceptors (Lipinski definition) is 3. The Morgan fingerprint density at radius 1 is 1.12 bits per heavy atom. The van der Waals surface area contributed by atoms with Crippen LogP contribution in [0.5, 0.6) is 5.75 Å². The zero-order chi connectivity index (χ0) is 11.4. The van der Waals surface area contributed by atoms with Gasteiger partial charge >= 0.3 is 5.97 Å². The van der Waals surface area contributed by atoms with E-state index in [1.807, 2.05) is 6.07 Å². The van der Waals surface area contributed by atoms with Gasteiger partial charge in [0.25, 0.3) is 0 Å². The standard InChI is InChI=1S/C12H8ClNO2/c13-9-6-7-11(14-8-9)12(15)16-10-4-2-1-3-5-10/h1-8H. The number of esters is 1. The molecule has 0 fully saturated rings. The van der Waals surface area contributed by atoms with Crippen LogP contribution in [0.4, 0.5) is 0 Å². The van der Waals surface area contributed by atoms with Crippen LogP contribution in [0.1, 0.15) is 10.5 Å². The maximum Gasteiger partial charge on any atom is 0.362 e. The lowest BCUT2D eigenvalue weighted by Crippen LogP contribution is -2.10. The van der Waals surface area contributed by atoms with Crippen molar-refractivity contribution in [2.24, 2.45) is 0 Å². The van der Waals surface area contributed by atoms with Crippen LogP contribution in [0.25, 0.3) is 0 Å². The number of hydrogen-bond donors (Lipinski definition) is 0. The van der Waals surface area contributed by atoms with E-state index in [4.69, 9.17) is 16.3 Å². The summed E-state index contributed by atoms with van der Waals surface area (Å²) in [5, 5.41) is 0.483. The quantitative estimate of drug-likeness (QED) is 0.591. The molecule has 1 aromatic heterocycles. The number of nitrogens with zero attached hydrogens (tertiary/aromatic N) is 1. The summed E-state index contributed by atoms with van der Waals surface area (Å²) < 4.78 is 5.10. The number of halogens is 1. The van der Waals surface area contributed by atoms with Gasteiger partial charge < -0.3 is 4.74 Å². The third-order valence-electron chi connectivity index (χ3n) is 1.89. The fraction of sp³-hybridized carbons (Fsp3) is 0. The molecule has 2 rings (SSSR count). The van der Waals surface area contributed by atoms with Crippen LogP contribution in [-0.4, -0.2) is 11.0 Å². The van der Waals surface area contributed by atoms with Crippen LogP contribution in [0.15, 0.2) is 48.7 Å². The van der Waals surface area contributed by atoms with E-state index < -0.39 is 5.97 Å². The third-order valence-corrected chi connectivity index (χ3v) is 2.11. The highest BCUT2D eigenvalue weighted by atomic mass is 35.5. The number of pyridine rings is 1. The molecule has 0 aliphatic rings. The van der Waals surface area contributed by atoms with Crippen LogP contribution in [0, 0.1) is 0 Å². The zero-order valence-electron chi connectivity index (χ0n) is 8.26. The molecule has 2 aromatic rings. The van der Waals surface area contributed by atoms with Crippen molar-refractivity contribution in [3.05, 3.63) is 59.4 Å². The Labute approximate surface area is 97.7 Å². The predicted molar refractivity (Wildman–Crippen MR) is 60.6 cm³/mol. The summed E-state index contributed by atoms with van der Waals surface area (Å²) in [7, 11) is 0. The SMILES string of the molecule is O=C(Oc1ccccc1)c1ccc(Cl)cn1. The number of rotatable bonds is 2. The zero-order valence-corrected chi connectivity index (χ0v) is 9.02. The maximum atomic E-state index is 11.6. The predicted octanol–water partition coefficient (Wildman–Crippen LogP) is 2.95. The molecule has 0 atom stereocenters. The molecule has 0 saturated carbocycles. The molecule has 0 spiro atoms. The number of aromatic nitrogens is 1. The van der Waals surface area contributed by atoms with E-state index in [0.29, 0.717) is 10.8 Å². The van der Waals surface area contributed by atoms with Crippen LogP contribution in [0.2, 0.25) is 5.02 Å². The van der Waals surface area contributed by atoms with Crippen molar-refractivity contribution in [1.82, 2.24) is 4.98 Å². The first-order valence-corrected chi connectivity index (χ1v) is 5.02. The first-order chi connectivity index (χ1) is 7.75. The molecule has 4 heteroatoms. The Bertz CT molecular complexity index is 482. The second-order valence-electron chi connectivity index (χ2n) is 3.06. The van der Waals surface area contributed by atoms with E-state index in [-0.39, 0.29) is 5.69 Å². The molecule has 0 bridgehead atoms. The van der Waals surface area contributed by atoms with Gasteiger partial charge in [0.2, 0.25) is 0 Å². The molecule has 0 aliphatic heterocycles. The molecule has 0 amide bonds. The Morgan fingerprint density at radius 2 is 1.88 bits per heavy atom. The average Bonchev–Trinajstić information content (AvgIpc) is 2.31. The average molecular weight is 234 g/mol. The Hall–Kier alpha value is -1.87. The second kappa shape index (κ2) is 4.77. The van der Waals surface area contributed by atoms with Gasteiger partial charge in [0.1, 0.15) is 11.4 Å². The monoisotopic (exact) mass is 233 g/mol. The molecule has 16 heavy (non-hydrogen) atoms. The number of carbonyl (C=O) groups excluding carboxylic acids is 1. The summed E-state index contributed by atoms with van der Waals surface area (Å²) in [4.78, 5) is 15.5. The van der Waals surface area contributed by atoms with Gasteiger partial charge in [-0.2, -0.15) is 0 Å². The third kappa shape index (κ3) is 2.58. The molecule has 1 aromatic carbocycles. The summed E-state index contributed by atoms with van der Waals surface area (Å²) in [5.74, 6) is -0.00730. The summed E-state index contributed by atoms with van der Waals surface area (Å²) >= 11 is 5.66. The van der Waals surface area contributed by atoms with Crippen LogP contribution < -0.4 is 4.74 Å². The molecular weight excluding hydrogens is 226 g/mol.